The molecule has 174 valence electrons. The Labute approximate surface area is 216 Å². The van der Waals surface area contributed by atoms with Gasteiger partial charge in [0.15, 0.2) is 24.8 Å². The number of unbranched alkanes of at least 4 members (excludes halogenated alkanes) is 4. The first kappa shape index (κ1) is 28.5. The molecule has 0 saturated carbocycles. The number of aryl methyl sites for hydroxylation is 6. The van der Waals surface area contributed by atoms with E-state index in [4.69, 9.17) is 0 Å². The van der Waals surface area contributed by atoms with Crippen molar-refractivity contribution in [1.29, 1.82) is 0 Å². The number of hydrogen-bond donors (Lipinski definition) is 0. The second kappa shape index (κ2) is 16.1. The van der Waals surface area contributed by atoms with Gasteiger partial charge in [-0.2, -0.15) is 0 Å². The summed E-state index contributed by atoms with van der Waals surface area (Å²) in [5.74, 6) is 0. The Morgan fingerprint density at radius 1 is 0.531 bits per heavy atom. The summed E-state index contributed by atoms with van der Waals surface area (Å²) in [4.78, 5) is 0. The number of pyridine rings is 2. The number of nitrogens with zero attached hydrogens (tertiary/aromatic N) is 2. The Morgan fingerprint density at radius 2 is 0.969 bits per heavy atom. The standard InChI is InChI=1S/C28H38N2.2BrH/c1-25-13-11-21-29(23-25)19-9-3-5-15-27-17-7-8-18-28(27)16-6-4-10-20-30-22-12-14-26(2)24-30;;/h7-8,11-14,17-18,21-24H,3-6,9-10,15-16,19-20H2,1-2H3;2*1H/q+2;;/p-2. The van der Waals surface area contributed by atoms with E-state index >= 15 is 0 Å². The van der Waals surface area contributed by atoms with Crippen LogP contribution in [0.25, 0.3) is 0 Å². The van der Waals surface area contributed by atoms with Crippen LogP contribution in [0, 0.1) is 13.8 Å². The summed E-state index contributed by atoms with van der Waals surface area (Å²) >= 11 is 0. The van der Waals surface area contributed by atoms with Gasteiger partial charge in [0.2, 0.25) is 0 Å². The molecular formula is C28H38Br2N2. The monoisotopic (exact) mass is 560 g/mol. The molecule has 0 saturated heterocycles. The molecule has 2 aromatic heterocycles. The lowest BCUT2D eigenvalue weighted by Gasteiger charge is -2.09. The Hall–Kier alpha value is -1.52. The van der Waals surface area contributed by atoms with Gasteiger partial charge in [-0.05, 0) is 75.6 Å². The predicted octanol–water partition coefficient (Wildman–Crippen LogP) is -0.288. The van der Waals surface area contributed by atoms with Crippen molar-refractivity contribution in [2.24, 2.45) is 0 Å². The third-order valence-corrected chi connectivity index (χ3v) is 5.86. The second-order valence-electron chi connectivity index (χ2n) is 8.63. The molecule has 3 rings (SSSR count). The number of rotatable bonds is 12. The van der Waals surface area contributed by atoms with Crippen LogP contribution in [-0.4, -0.2) is 0 Å². The molecule has 0 amide bonds. The summed E-state index contributed by atoms with van der Waals surface area (Å²) in [7, 11) is 0. The summed E-state index contributed by atoms with van der Waals surface area (Å²) in [6.07, 6.45) is 19.0. The summed E-state index contributed by atoms with van der Waals surface area (Å²) in [5.41, 5.74) is 5.80. The average molecular weight is 562 g/mol. The SMILES string of the molecule is Cc1ccc[n+](CCCCCc2ccccc2CCCCC[n+]2cccc(C)c2)c1.[Br-].[Br-]. The molecule has 0 radical (unpaired) electrons. The molecule has 4 heteroatoms. The first-order valence-electron chi connectivity index (χ1n) is 11.7. The minimum absolute atomic E-state index is 0. The maximum Gasteiger partial charge on any atom is 0.171 e. The zero-order valence-electron chi connectivity index (χ0n) is 19.6. The van der Waals surface area contributed by atoms with Gasteiger partial charge in [-0.3, -0.25) is 0 Å². The quantitative estimate of drug-likeness (QED) is 0.212. The van der Waals surface area contributed by atoms with Crippen LogP contribution >= 0.6 is 0 Å². The molecule has 0 aliphatic rings. The van der Waals surface area contributed by atoms with Crippen LogP contribution < -0.4 is 43.1 Å². The van der Waals surface area contributed by atoms with E-state index in [0.717, 1.165) is 13.1 Å². The third-order valence-electron chi connectivity index (χ3n) is 5.86. The van der Waals surface area contributed by atoms with Crippen LogP contribution in [0.5, 0.6) is 0 Å². The first-order valence-corrected chi connectivity index (χ1v) is 11.7. The zero-order valence-corrected chi connectivity index (χ0v) is 22.8. The van der Waals surface area contributed by atoms with Gasteiger partial charge in [-0.25, -0.2) is 9.13 Å². The Balaban J connectivity index is 0.00000256. The average Bonchev–Trinajstić information content (AvgIpc) is 2.74. The van der Waals surface area contributed by atoms with Gasteiger partial charge in [0.05, 0.1) is 0 Å². The minimum atomic E-state index is 0. The number of benzene rings is 1. The highest BCUT2D eigenvalue weighted by Crippen LogP contribution is 2.16. The minimum Gasteiger partial charge on any atom is -1.00 e. The molecule has 0 fully saturated rings. The van der Waals surface area contributed by atoms with E-state index in [1.54, 1.807) is 11.1 Å². The molecular weight excluding hydrogens is 524 g/mol. The van der Waals surface area contributed by atoms with Crippen molar-refractivity contribution in [1.82, 2.24) is 0 Å². The van der Waals surface area contributed by atoms with Crippen LogP contribution in [0.3, 0.4) is 0 Å². The van der Waals surface area contributed by atoms with Crippen molar-refractivity contribution in [3.8, 4) is 0 Å². The van der Waals surface area contributed by atoms with Crippen LogP contribution in [0.15, 0.2) is 73.3 Å². The highest BCUT2D eigenvalue weighted by molar-refractivity contribution is 5.27. The number of aromatic nitrogens is 2. The Bertz CT molecular complexity index is 837. The van der Waals surface area contributed by atoms with Gasteiger partial charge in [0.1, 0.15) is 13.1 Å². The normalized spacial score (nSPS) is 10.3. The molecule has 3 aromatic rings. The number of halogens is 2. The molecule has 0 aliphatic carbocycles. The van der Waals surface area contributed by atoms with Gasteiger partial charge < -0.3 is 34.0 Å². The predicted molar refractivity (Wildman–Crippen MR) is 124 cm³/mol. The van der Waals surface area contributed by atoms with E-state index in [-0.39, 0.29) is 34.0 Å². The van der Waals surface area contributed by atoms with Crippen LogP contribution in [0.1, 0.15) is 60.8 Å². The highest BCUT2D eigenvalue weighted by Gasteiger charge is 2.05. The van der Waals surface area contributed by atoms with E-state index in [0.29, 0.717) is 0 Å². The summed E-state index contributed by atoms with van der Waals surface area (Å²) < 4.78 is 4.64. The first-order chi connectivity index (χ1) is 14.7. The maximum atomic E-state index is 2.34. The fourth-order valence-corrected chi connectivity index (χ4v) is 4.20. The summed E-state index contributed by atoms with van der Waals surface area (Å²) in [6, 6.07) is 17.7. The molecule has 0 unspecified atom stereocenters. The van der Waals surface area contributed by atoms with Crippen LogP contribution in [0.2, 0.25) is 0 Å². The van der Waals surface area contributed by atoms with Crippen LogP contribution in [-0.2, 0) is 25.9 Å². The van der Waals surface area contributed by atoms with Crippen molar-refractivity contribution >= 4 is 0 Å². The van der Waals surface area contributed by atoms with Gasteiger partial charge in [-0.15, -0.1) is 0 Å². The highest BCUT2D eigenvalue weighted by atomic mass is 79.9. The topological polar surface area (TPSA) is 7.76 Å². The zero-order chi connectivity index (χ0) is 21.0. The van der Waals surface area contributed by atoms with Gasteiger partial charge in [-0.1, -0.05) is 24.3 Å². The lowest BCUT2D eigenvalue weighted by Crippen LogP contribution is -3.00. The summed E-state index contributed by atoms with van der Waals surface area (Å²) in [6.45, 7) is 6.58. The Kier molecular flexibility index (Phi) is 14.4. The Morgan fingerprint density at radius 3 is 1.38 bits per heavy atom. The van der Waals surface area contributed by atoms with Crippen molar-refractivity contribution in [3.63, 3.8) is 0 Å². The smallest absolute Gasteiger partial charge is 0.171 e. The van der Waals surface area contributed by atoms with E-state index in [1.165, 1.54) is 62.5 Å². The molecule has 2 nitrogen and oxygen atoms in total. The van der Waals surface area contributed by atoms with Crippen molar-refractivity contribution in [2.75, 3.05) is 0 Å². The molecule has 1 aromatic carbocycles. The van der Waals surface area contributed by atoms with Crippen LogP contribution in [0.4, 0.5) is 0 Å². The molecule has 0 bridgehead atoms. The fraction of sp³-hybridized carbons (Fsp3) is 0.429. The largest absolute Gasteiger partial charge is 1.00 e. The van der Waals surface area contributed by atoms with Crippen molar-refractivity contribution in [3.05, 3.63) is 95.6 Å². The van der Waals surface area contributed by atoms with E-state index in [1.807, 2.05) is 0 Å². The maximum absolute atomic E-state index is 2.34. The molecule has 32 heavy (non-hydrogen) atoms. The molecule has 0 N–H and O–H groups in total. The lowest BCUT2D eigenvalue weighted by molar-refractivity contribution is -0.697. The van der Waals surface area contributed by atoms with E-state index < -0.39 is 0 Å². The van der Waals surface area contributed by atoms with E-state index in [9.17, 15) is 0 Å². The third kappa shape index (κ3) is 10.4. The summed E-state index contributed by atoms with van der Waals surface area (Å²) in [5, 5.41) is 0. The molecule has 2 heterocycles. The van der Waals surface area contributed by atoms with Gasteiger partial charge >= 0.3 is 0 Å². The van der Waals surface area contributed by atoms with Crippen molar-refractivity contribution in [2.45, 2.75) is 78.3 Å². The fourth-order valence-electron chi connectivity index (χ4n) is 4.20. The van der Waals surface area contributed by atoms with Gasteiger partial charge in [0.25, 0.3) is 0 Å². The van der Waals surface area contributed by atoms with E-state index in [2.05, 4.69) is 96.3 Å². The second-order valence-corrected chi connectivity index (χ2v) is 8.63. The molecule has 0 spiro atoms. The molecule has 0 atom stereocenters. The van der Waals surface area contributed by atoms with Crippen molar-refractivity contribution < 1.29 is 43.1 Å². The number of hydrogen-bond acceptors (Lipinski definition) is 0. The molecule has 0 aliphatic heterocycles. The lowest BCUT2D eigenvalue weighted by atomic mass is 9.97. The van der Waals surface area contributed by atoms with Gasteiger partial charge in [0, 0.05) is 36.1 Å².